The van der Waals surface area contributed by atoms with Crippen molar-refractivity contribution < 1.29 is 13.5 Å². The highest BCUT2D eigenvalue weighted by atomic mass is 35.5. The molecule has 0 aliphatic carbocycles. The minimum atomic E-state index is -0.445. The molecule has 2 aromatic rings. The van der Waals surface area contributed by atoms with Crippen LogP contribution in [0.5, 0.6) is 5.75 Å². The second-order valence-corrected chi connectivity index (χ2v) is 4.35. The van der Waals surface area contributed by atoms with Gasteiger partial charge in [-0.25, -0.2) is 8.78 Å². The summed E-state index contributed by atoms with van der Waals surface area (Å²) >= 11 is 5.71. The monoisotopic (exact) mass is 293 g/mol. The summed E-state index contributed by atoms with van der Waals surface area (Å²) in [5.41, 5.74) is 1.26. The van der Waals surface area contributed by atoms with E-state index in [0.29, 0.717) is 22.4 Å². The second kappa shape index (κ2) is 6.36. The molecule has 102 valence electrons. The Kier molecular flexibility index (Phi) is 4.54. The highest BCUT2D eigenvalue weighted by molar-refractivity contribution is 6.17. The van der Waals surface area contributed by atoms with Crippen LogP contribution in [0.25, 0.3) is 0 Å². The summed E-state index contributed by atoms with van der Waals surface area (Å²) in [6.07, 6.45) is 0. The molecule has 0 spiro atoms. The van der Waals surface area contributed by atoms with Crippen LogP contribution in [0.15, 0.2) is 36.4 Å². The van der Waals surface area contributed by atoms with Crippen molar-refractivity contribution >= 4 is 11.6 Å². The van der Waals surface area contributed by atoms with E-state index in [4.69, 9.17) is 21.6 Å². The average molecular weight is 294 g/mol. The highest BCUT2D eigenvalue weighted by Gasteiger charge is 2.08. The molecule has 0 saturated heterocycles. The fourth-order valence-corrected chi connectivity index (χ4v) is 1.95. The van der Waals surface area contributed by atoms with E-state index in [-0.39, 0.29) is 12.5 Å². The van der Waals surface area contributed by atoms with E-state index in [1.807, 2.05) is 6.07 Å². The number of alkyl halides is 1. The number of nitrogens with zero attached hydrogens (tertiary/aromatic N) is 1. The first-order valence-electron chi connectivity index (χ1n) is 5.79. The highest BCUT2D eigenvalue weighted by Crippen LogP contribution is 2.23. The summed E-state index contributed by atoms with van der Waals surface area (Å²) in [7, 11) is 0. The summed E-state index contributed by atoms with van der Waals surface area (Å²) in [6, 6.07) is 9.79. The number of benzene rings is 2. The molecule has 0 amide bonds. The number of ether oxygens (including phenoxy) is 1. The van der Waals surface area contributed by atoms with Crippen LogP contribution in [-0.2, 0) is 12.5 Å². The molecule has 0 aliphatic heterocycles. The van der Waals surface area contributed by atoms with Crippen molar-refractivity contribution in [1.29, 1.82) is 5.26 Å². The van der Waals surface area contributed by atoms with Crippen molar-refractivity contribution in [2.75, 3.05) is 0 Å². The standard InChI is InChI=1S/C15H10ClF2NO/c16-7-11-5-14(18)3-4-15(11)20-9-12-6-13(17)2-1-10(12)8-19/h1-6H,7,9H2. The summed E-state index contributed by atoms with van der Waals surface area (Å²) in [4.78, 5) is 0. The maximum atomic E-state index is 13.2. The van der Waals surface area contributed by atoms with Crippen molar-refractivity contribution in [2.45, 2.75) is 12.5 Å². The van der Waals surface area contributed by atoms with Crippen molar-refractivity contribution in [3.05, 3.63) is 64.7 Å². The lowest BCUT2D eigenvalue weighted by molar-refractivity contribution is 0.302. The predicted octanol–water partition coefficient (Wildman–Crippen LogP) is 4.15. The van der Waals surface area contributed by atoms with E-state index in [1.54, 1.807) is 0 Å². The number of hydrogen-bond acceptors (Lipinski definition) is 2. The molecule has 0 atom stereocenters. The minimum Gasteiger partial charge on any atom is -0.489 e. The van der Waals surface area contributed by atoms with Crippen LogP contribution in [0.1, 0.15) is 16.7 Å². The van der Waals surface area contributed by atoms with Crippen molar-refractivity contribution in [3.8, 4) is 11.8 Å². The van der Waals surface area contributed by atoms with Crippen molar-refractivity contribution in [2.24, 2.45) is 0 Å². The second-order valence-electron chi connectivity index (χ2n) is 4.09. The zero-order chi connectivity index (χ0) is 14.5. The van der Waals surface area contributed by atoms with E-state index in [0.717, 1.165) is 0 Å². The van der Waals surface area contributed by atoms with Crippen molar-refractivity contribution in [3.63, 3.8) is 0 Å². The number of hydrogen-bond donors (Lipinski definition) is 0. The summed E-state index contributed by atoms with van der Waals surface area (Å²) < 4.78 is 31.7. The Morgan fingerprint density at radius 2 is 1.70 bits per heavy atom. The normalized spacial score (nSPS) is 10.1. The molecule has 0 bridgehead atoms. The Hall–Kier alpha value is -2.12. The van der Waals surface area contributed by atoms with Crippen molar-refractivity contribution in [1.82, 2.24) is 0 Å². The Balaban J connectivity index is 2.21. The third-order valence-corrected chi connectivity index (χ3v) is 3.03. The van der Waals surface area contributed by atoms with E-state index >= 15 is 0 Å². The third kappa shape index (κ3) is 3.25. The molecular weight excluding hydrogens is 284 g/mol. The van der Waals surface area contributed by atoms with Gasteiger partial charge in [-0.05, 0) is 36.4 Å². The lowest BCUT2D eigenvalue weighted by atomic mass is 10.1. The number of rotatable bonds is 4. The first kappa shape index (κ1) is 14.3. The van der Waals surface area contributed by atoms with Gasteiger partial charge in [0.05, 0.1) is 17.5 Å². The smallest absolute Gasteiger partial charge is 0.124 e. The van der Waals surface area contributed by atoms with Crippen LogP contribution >= 0.6 is 11.6 Å². The van der Waals surface area contributed by atoms with Gasteiger partial charge in [0, 0.05) is 11.1 Å². The maximum absolute atomic E-state index is 13.2. The maximum Gasteiger partial charge on any atom is 0.124 e. The van der Waals surface area contributed by atoms with Gasteiger partial charge in [-0.15, -0.1) is 11.6 Å². The van der Waals surface area contributed by atoms with Gasteiger partial charge in [-0.3, -0.25) is 0 Å². The molecular formula is C15H10ClF2NO. The molecule has 20 heavy (non-hydrogen) atoms. The molecule has 0 fully saturated rings. The van der Waals surface area contributed by atoms with Crippen LogP contribution in [0.4, 0.5) is 8.78 Å². The van der Waals surface area contributed by atoms with Crippen LogP contribution in [0.2, 0.25) is 0 Å². The molecule has 5 heteroatoms. The van der Waals surface area contributed by atoms with Gasteiger partial charge in [-0.2, -0.15) is 5.26 Å². The fraction of sp³-hybridized carbons (Fsp3) is 0.133. The molecule has 2 nitrogen and oxygen atoms in total. The zero-order valence-corrected chi connectivity index (χ0v) is 11.1. The number of nitriles is 1. The molecule has 0 aromatic heterocycles. The molecule has 0 aliphatic rings. The SMILES string of the molecule is N#Cc1ccc(F)cc1COc1ccc(F)cc1CCl. The van der Waals surface area contributed by atoms with Crippen LogP contribution < -0.4 is 4.74 Å². The predicted molar refractivity (Wildman–Crippen MR) is 71.4 cm³/mol. The van der Waals surface area contributed by atoms with E-state index in [2.05, 4.69) is 0 Å². The molecule has 0 heterocycles. The van der Waals surface area contributed by atoms with Gasteiger partial charge >= 0.3 is 0 Å². The van der Waals surface area contributed by atoms with Gasteiger partial charge in [0.1, 0.15) is 24.0 Å². The van der Waals surface area contributed by atoms with Crippen LogP contribution in [0, 0.1) is 23.0 Å². The summed E-state index contributed by atoms with van der Waals surface area (Å²) in [5, 5.41) is 8.94. The Morgan fingerprint density at radius 1 is 1.05 bits per heavy atom. The largest absolute Gasteiger partial charge is 0.489 e. The Labute approximate surface area is 120 Å². The molecule has 0 saturated carbocycles. The van der Waals surface area contributed by atoms with Gasteiger partial charge in [-0.1, -0.05) is 0 Å². The fourth-order valence-electron chi connectivity index (χ4n) is 1.74. The molecule has 0 N–H and O–H groups in total. The van der Waals surface area contributed by atoms with Gasteiger partial charge in [0.15, 0.2) is 0 Å². The lowest BCUT2D eigenvalue weighted by Crippen LogP contribution is -2.01. The molecule has 2 rings (SSSR count). The van der Waals surface area contributed by atoms with Gasteiger partial charge < -0.3 is 4.74 Å². The summed E-state index contributed by atoms with van der Waals surface area (Å²) in [5.74, 6) is -0.341. The number of halogens is 3. The first-order chi connectivity index (χ1) is 9.63. The molecule has 0 unspecified atom stereocenters. The summed E-state index contributed by atoms with van der Waals surface area (Å²) in [6.45, 7) is 0.0101. The van der Waals surface area contributed by atoms with E-state index in [9.17, 15) is 8.78 Å². The Bertz CT molecular complexity index is 667. The Morgan fingerprint density at radius 3 is 2.35 bits per heavy atom. The first-order valence-corrected chi connectivity index (χ1v) is 6.33. The molecule has 2 aromatic carbocycles. The zero-order valence-electron chi connectivity index (χ0n) is 10.4. The minimum absolute atomic E-state index is 0.0101. The average Bonchev–Trinajstić information content (AvgIpc) is 2.46. The topological polar surface area (TPSA) is 33.0 Å². The quantitative estimate of drug-likeness (QED) is 0.793. The van der Waals surface area contributed by atoms with Gasteiger partial charge in [0.2, 0.25) is 0 Å². The van der Waals surface area contributed by atoms with Gasteiger partial charge in [0.25, 0.3) is 0 Å². The van der Waals surface area contributed by atoms with Crippen LogP contribution in [0.3, 0.4) is 0 Å². The van der Waals surface area contributed by atoms with E-state index < -0.39 is 11.6 Å². The molecule has 0 radical (unpaired) electrons. The third-order valence-electron chi connectivity index (χ3n) is 2.74. The van der Waals surface area contributed by atoms with E-state index in [1.165, 1.54) is 36.4 Å². The lowest BCUT2D eigenvalue weighted by Gasteiger charge is -2.11. The van der Waals surface area contributed by atoms with Crippen LogP contribution in [-0.4, -0.2) is 0 Å².